The van der Waals surface area contributed by atoms with Crippen LogP contribution >= 0.6 is 0 Å². The van der Waals surface area contributed by atoms with E-state index in [9.17, 15) is 8.78 Å². The Labute approximate surface area is 122 Å². The molecule has 0 bridgehead atoms. The number of halogens is 2. The number of hydrogen-bond donors (Lipinski definition) is 2. The molecule has 0 aliphatic heterocycles. The summed E-state index contributed by atoms with van der Waals surface area (Å²) in [6, 6.07) is 7.11. The van der Waals surface area contributed by atoms with E-state index < -0.39 is 17.7 Å². The molecular weight excluding hydrogens is 274 g/mol. The van der Waals surface area contributed by atoms with Gasteiger partial charge in [0.2, 0.25) is 0 Å². The van der Waals surface area contributed by atoms with E-state index in [0.717, 1.165) is 17.2 Å². The Morgan fingerprint density at radius 2 is 1.90 bits per heavy atom. The molecule has 112 valence electrons. The highest BCUT2D eigenvalue weighted by atomic mass is 19.2. The largest absolute Gasteiger partial charge is 0.496 e. The number of nitrogens with two attached hydrogens (primary N) is 1. The minimum Gasteiger partial charge on any atom is -0.496 e. The van der Waals surface area contributed by atoms with Crippen LogP contribution in [0, 0.1) is 25.5 Å². The third-order valence-corrected chi connectivity index (χ3v) is 3.46. The van der Waals surface area contributed by atoms with E-state index in [1.807, 2.05) is 26.0 Å². The SMILES string of the molecule is COc1cc(C)cc(C)c1C(NN)c1cccc(F)c1F. The number of aryl methyl sites for hydroxylation is 2. The fourth-order valence-electron chi connectivity index (χ4n) is 2.55. The van der Waals surface area contributed by atoms with Gasteiger partial charge in [-0.1, -0.05) is 18.2 Å². The molecule has 3 N–H and O–H groups in total. The molecule has 0 aliphatic carbocycles. The van der Waals surface area contributed by atoms with E-state index in [2.05, 4.69) is 5.43 Å². The second-order valence-corrected chi connectivity index (χ2v) is 4.94. The summed E-state index contributed by atoms with van der Waals surface area (Å²) in [7, 11) is 1.53. The van der Waals surface area contributed by atoms with Crippen molar-refractivity contribution in [1.82, 2.24) is 5.43 Å². The van der Waals surface area contributed by atoms with Crippen LogP contribution in [0.1, 0.15) is 28.3 Å². The van der Waals surface area contributed by atoms with Crippen molar-refractivity contribution in [3.8, 4) is 5.75 Å². The summed E-state index contributed by atoms with van der Waals surface area (Å²) >= 11 is 0. The summed E-state index contributed by atoms with van der Waals surface area (Å²) in [6.07, 6.45) is 0. The normalized spacial score (nSPS) is 12.3. The minimum absolute atomic E-state index is 0.141. The van der Waals surface area contributed by atoms with Gasteiger partial charge in [-0.25, -0.2) is 14.2 Å². The van der Waals surface area contributed by atoms with E-state index in [0.29, 0.717) is 11.3 Å². The molecule has 1 unspecified atom stereocenters. The summed E-state index contributed by atoms with van der Waals surface area (Å²) < 4.78 is 32.9. The Bertz CT molecular complexity index is 659. The van der Waals surface area contributed by atoms with Gasteiger partial charge in [-0.2, -0.15) is 0 Å². The number of hydrogen-bond acceptors (Lipinski definition) is 3. The maximum Gasteiger partial charge on any atom is 0.163 e. The van der Waals surface area contributed by atoms with Crippen LogP contribution in [0.25, 0.3) is 0 Å². The van der Waals surface area contributed by atoms with Crippen LogP contribution in [0.2, 0.25) is 0 Å². The van der Waals surface area contributed by atoms with Gasteiger partial charge in [-0.3, -0.25) is 5.84 Å². The molecule has 21 heavy (non-hydrogen) atoms. The molecule has 0 saturated carbocycles. The number of hydrazine groups is 1. The topological polar surface area (TPSA) is 47.3 Å². The Balaban J connectivity index is 2.64. The smallest absolute Gasteiger partial charge is 0.163 e. The van der Waals surface area contributed by atoms with Crippen LogP contribution in [-0.4, -0.2) is 7.11 Å². The van der Waals surface area contributed by atoms with Gasteiger partial charge in [-0.15, -0.1) is 0 Å². The van der Waals surface area contributed by atoms with E-state index in [-0.39, 0.29) is 5.56 Å². The summed E-state index contributed by atoms with van der Waals surface area (Å²) in [4.78, 5) is 0. The summed E-state index contributed by atoms with van der Waals surface area (Å²) in [5, 5.41) is 0. The molecule has 2 aromatic rings. The van der Waals surface area contributed by atoms with Crippen molar-refractivity contribution >= 4 is 0 Å². The molecule has 2 rings (SSSR count). The van der Waals surface area contributed by atoms with Gasteiger partial charge in [-0.05, 0) is 37.1 Å². The Morgan fingerprint density at radius 1 is 1.19 bits per heavy atom. The highest BCUT2D eigenvalue weighted by Gasteiger charge is 2.24. The van der Waals surface area contributed by atoms with E-state index in [1.165, 1.54) is 19.2 Å². The van der Waals surface area contributed by atoms with Crippen molar-refractivity contribution in [2.45, 2.75) is 19.9 Å². The van der Waals surface area contributed by atoms with Crippen LogP contribution in [0.15, 0.2) is 30.3 Å². The molecule has 0 spiro atoms. The van der Waals surface area contributed by atoms with Gasteiger partial charge in [0.25, 0.3) is 0 Å². The lowest BCUT2D eigenvalue weighted by molar-refractivity contribution is 0.401. The van der Waals surface area contributed by atoms with Crippen molar-refractivity contribution in [3.63, 3.8) is 0 Å². The van der Waals surface area contributed by atoms with Crippen molar-refractivity contribution < 1.29 is 13.5 Å². The van der Waals surface area contributed by atoms with Gasteiger partial charge in [0, 0.05) is 11.1 Å². The third-order valence-electron chi connectivity index (χ3n) is 3.46. The van der Waals surface area contributed by atoms with Crippen LogP contribution < -0.4 is 16.0 Å². The van der Waals surface area contributed by atoms with Crippen LogP contribution in [0.5, 0.6) is 5.75 Å². The first-order valence-electron chi connectivity index (χ1n) is 6.54. The first kappa shape index (κ1) is 15.4. The first-order chi connectivity index (χ1) is 9.99. The standard InChI is InChI=1S/C16H18F2N2O/c1-9-7-10(2)14(13(8-9)21-3)16(20-19)11-5-4-6-12(17)15(11)18/h4-8,16,20H,19H2,1-3H3. The number of ether oxygens (including phenoxy) is 1. The molecule has 0 radical (unpaired) electrons. The fraction of sp³-hybridized carbons (Fsp3) is 0.250. The zero-order valence-corrected chi connectivity index (χ0v) is 12.2. The van der Waals surface area contributed by atoms with Crippen molar-refractivity contribution in [3.05, 3.63) is 64.2 Å². The lowest BCUT2D eigenvalue weighted by atomic mass is 9.93. The van der Waals surface area contributed by atoms with Crippen molar-refractivity contribution in [2.75, 3.05) is 7.11 Å². The zero-order valence-electron chi connectivity index (χ0n) is 12.2. The fourth-order valence-corrected chi connectivity index (χ4v) is 2.55. The second kappa shape index (κ2) is 6.20. The highest BCUT2D eigenvalue weighted by Crippen LogP contribution is 2.34. The summed E-state index contributed by atoms with van der Waals surface area (Å²) in [5.41, 5.74) is 5.29. The molecule has 2 aromatic carbocycles. The Hall–Kier alpha value is -1.98. The number of nitrogens with one attached hydrogen (secondary N) is 1. The molecule has 0 aromatic heterocycles. The Morgan fingerprint density at radius 3 is 2.52 bits per heavy atom. The lowest BCUT2D eigenvalue weighted by Crippen LogP contribution is -2.30. The molecule has 1 atom stereocenters. The predicted octanol–water partition coefficient (Wildman–Crippen LogP) is 3.14. The summed E-state index contributed by atoms with van der Waals surface area (Å²) in [5.74, 6) is 4.35. The molecule has 0 amide bonds. The minimum atomic E-state index is -0.914. The van der Waals surface area contributed by atoms with Gasteiger partial charge >= 0.3 is 0 Å². The number of rotatable bonds is 4. The van der Waals surface area contributed by atoms with Gasteiger partial charge in [0.1, 0.15) is 5.75 Å². The van der Waals surface area contributed by atoms with E-state index in [1.54, 1.807) is 0 Å². The second-order valence-electron chi connectivity index (χ2n) is 4.94. The number of benzene rings is 2. The zero-order chi connectivity index (χ0) is 15.6. The van der Waals surface area contributed by atoms with Crippen LogP contribution in [0.3, 0.4) is 0 Å². The molecule has 0 saturated heterocycles. The molecule has 3 nitrogen and oxygen atoms in total. The molecule has 5 heteroatoms. The van der Waals surface area contributed by atoms with Crippen molar-refractivity contribution in [1.29, 1.82) is 0 Å². The van der Waals surface area contributed by atoms with E-state index >= 15 is 0 Å². The van der Waals surface area contributed by atoms with Crippen molar-refractivity contribution in [2.24, 2.45) is 5.84 Å². The van der Waals surface area contributed by atoms with E-state index in [4.69, 9.17) is 10.6 Å². The maximum absolute atomic E-state index is 14.1. The highest BCUT2D eigenvalue weighted by molar-refractivity contribution is 5.48. The predicted molar refractivity (Wildman–Crippen MR) is 78.0 cm³/mol. The quantitative estimate of drug-likeness (QED) is 0.672. The maximum atomic E-state index is 14.1. The average Bonchev–Trinajstić information content (AvgIpc) is 2.45. The third kappa shape index (κ3) is 2.89. The first-order valence-corrected chi connectivity index (χ1v) is 6.54. The van der Waals surface area contributed by atoms with Gasteiger partial charge in [0.05, 0.1) is 13.2 Å². The average molecular weight is 292 g/mol. The molecular formula is C16H18F2N2O. The van der Waals surface area contributed by atoms with Crippen LogP contribution in [-0.2, 0) is 0 Å². The van der Waals surface area contributed by atoms with Gasteiger partial charge in [0.15, 0.2) is 11.6 Å². The molecule has 0 fully saturated rings. The lowest BCUT2D eigenvalue weighted by Gasteiger charge is -2.23. The monoisotopic (exact) mass is 292 g/mol. The van der Waals surface area contributed by atoms with Gasteiger partial charge < -0.3 is 4.74 Å². The summed E-state index contributed by atoms with van der Waals surface area (Å²) in [6.45, 7) is 3.82. The molecule has 0 aliphatic rings. The number of methoxy groups -OCH3 is 1. The van der Waals surface area contributed by atoms with Crippen LogP contribution in [0.4, 0.5) is 8.78 Å². The molecule has 0 heterocycles. The Kier molecular flexibility index (Phi) is 4.55.